The Labute approximate surface area is 134 Å². The second-order valence-corrected chi connectivity index (χ2v) is 6.99. The summed E-state index contributed by atoms with van der Waals surface area (Å²) < 4.78 is 0. The highest BCUT2D eigenvalue weighted by Gasteiger charge is 2.43. The SMILES string of the molecule is CN=C(NCc1ccc(N(C)C)cc1)N1CCC2(CCC2)C1. The normalized spacial score (nSPS) is 20.1. The maximum absolute atomic E-state index is 4.48. The van der Waals surface area contributed by atoms with Crippen molar-refractivity contribution in [3.8, 4) is 0 Å². The Hall–Kier alpha value is -1.71. The first-order chi connectivity index (χ1) is 10.6. The molecule has 1 heterocycles. The lowest BCUT2D eigenvalue weighted by Crippen LogP contribution is -2.42. The largest absolute Gasteiger partial charge is 0.378 e. The van der Waals surface area contributed by atoms with E-state index in [9.17, 15) is 0 Å². The van der Waals surface area contributed by atoms with Crippen molar-refractivity contribution in [2.24, 2.45) is 10.4 Å². The van der Waals surface area contributed by atoms with Gasteiger partial charge in [-0.2, -0.15) is 0 Å². The van der Waals surface area contributed by atoms with Gasteiger partial charge in [0.2, 0.25) is 0 Å². The zero-order chi connectivity index (χ0) is 15.6. The number of hydrogen-bond donors (Lipinski definition) is 1. The molecule has 0 aromatic heterocycles. The molecule has 1 N–H and O–H groups in total. The summed E-state index contributed by atoms with van der Waals surface area (Å²) in [4.78, 5) is 9.04. The van der Waals surface area contributed by atoms with Gasteiger partial charge in [0.1, 0.15) is 0 Å². The van der Waals surface area contributed by atoms with Gasteiger partial charge in [0.15, 0.2) is 5.96 Å². The molecule has 2 aliphatic rings. The molecule has 0 atom stereocenters. The summed E-state index contributed by atoms with van der Waals surface area (Å²) >= 11 is 0. The quantitative estimate of drug-likeness (QED) is 0.688. The smallest absolute Gasteiger partial charge is 0.193 e. The van der Waals surface area contributed by atoms with Crippen LogP contribution in [0.15, 0.2) is 29.3 Å². The van der Waals surface area contributed by atoms with Crippen LogP contribution >= 0.6 is 0 Å². The second-order valence-electron chi connectivity index (χ2n) is 6.99. The van der Waals surface area contributed by atoms with E-state index in [1.54, 1.807) is 0 Å². The van der Waals surface area contributed by atoms with Crippen molar-refractivity contribution < 1.29 is 0 Å². The highest BCUT2D eigenvalue weighted by atomic mass is 15.3. The van der Waals surface area contributed by atoms with Crippen LogP contribution in [0, 0.1) is 5.41 Å². The first-order valence-electron chi connectivity index (χ1n) is 8.34. The Morgan fingerprint density at radius 2 is 1.95 bits per heavy atom. The van der Waals surface area contributed by atoms with Crippen LogP contribution in [0.25, 0.3) is 0 Å². The van der Waals surface area contributed by atoms with Gasteiger partial charge in [-0.25, -0.2) is 0 Å². The summed E-state index contributed by atoms with van der Waals surface area (Å²) in [6.07, 6.45) is 5.57. The van der Waals surface area contributed by atoms with E-state index in [0.717, 1.165) is 19.0 Å². The summed E-state index contributed by atoms with van der Waals surface area (Å²) in [7, 11) is 6.03. The summed E-state index contributed by atoms with van der Waals surface area (Å²) in [6, 6.07) is 8.71. The molecule has 0 unspecified atom stereocenters. The van der Waals surface area contributed by atoms with Crippen LogP contribution < -0.4 is 10.2 Å². The van der Waals surface area contributed by atoms with E-state index in [2.05, 4.69) is 58.5 Å². The van der Waals surface area contributed by atoms with Gasteiger partial charge < -0.3 is 15.1 Å². The Kier molecular flexibility index (Phi) is 4.27. The third-order valence-electron chi connectivity index (χ3n) is 5.27. The Morgan fingerprint density at radius 1 is 1.23 bits per heavy atom. The summed E-state index contributed by atoms with van der Waals surface area (Å²) in [5.74, 6) is 1.06. The molecule has 1 aliphatic heterocycles. The van der Waals surface area contributed by atoms with Gasteiger partial charge in [-0.3, -0.25) is 4.99 Å². The molecule has 0 radical (unpaired) electrons. The first-order valence-corrected chi connectivity index (χ1v) is 8.34. The van der Waals surface area contributed by atoms with Crippen molar-refractivity contribution in [3.63, 3.8) is 0 Å². The monoisotopic (exact) mass is 300 g/mol. The highest BCUT2D eigenvalue weighted by molar-refractivity contribution is 5.80. The van der Waals surface area contributed by atoms with Crippen LogP contribution in [0.2, 0.25) is 0 Å². The molecule has 120 valence electrons. The standard InChI is InChI=1S/C18H28N4/c1-19-17(22-12-11-18(14-22)9-4-10-18)20-13-15-5-7-16(8-6-15)21(2)3/h5-8H,4,9-14H2,1-3H3,(H,19,20). The number of likely N-dealkylation sites (tertiary alicyclic amines) is 1. The molecule has 1 saturated heterocycles. The molecule has 3 rings (SSSR count). The van der Waals surface area contributed by atoms with E-state index in [4.69, 9.17) is 0 Å². The van der Waals surface area contributed by atoms with Crippen molar-refractivity contribution in [2.45, 2.75) is 32.2 Å². The summed E-state index contributed by atoms with van der Waals surface area (Å²) in [5, 5.41) is 3.52. The number of guanidine groups is 1. The minimum Gasteiger partial charge on any atom is -0.378 e. The fourth-order valence-electron chi connectivity index (χ4n) is 3.63. The molecule has 0 amide bonds. The number of rotatable bonds is 3. The molecular formula is C18H28N4. The molecular weight excluding hydrogens is 272 g/mol. The number of aliphatic imine (C=N–C) groups is 1. The zero-order valence-electron chi connectivity index (χ0n) is 14.1. The average molecular weight is 300 g/mol. The van der Waals surface area contributed by atoms with Gasteiger partial charge in [0, 0.05) is 46.5 Å². The Bertz CT molecular complexity index is 529. The van der Waals surface area contributed by atoms with Gasteiger partial charge in [0.25, 0.3) is 0 Å². The second kappa shape index (κ2) is 6.19. The maximum Gasteiger partial charge on any atom is 0.193 e. The van der Waals surface area contributed by atoms with E-state index in [1.807, 2.05) is 7.05 Å². The lowest BCUT2D eigenvalue weighted by molar-refractivity contribution is 0.151. The van der Waals surface area contributed by atoms with E-state index in [1.165, 1.54) is 43.5 Å². The summed E-state index contributed by atoms with van der Waals surface area (Å²) in [5.41, 5.74) is 3.15. The summed E-state index contributed by atoms with van der Waals surface area (Å²) in [6.45, 7) is 3.18. The van der Waals surface area contributed by atoms with E-state index >= 15 is 0 Å². The minimum absolute atomic E-state index is 0.616. The van der Waals surface area contributed by atoms with E-state index in [-0.39, 0.29) is 0 Å². The first kappa shape index (κ1) is 15.2. The van der Waals surface area contributed by atoms with Crippen LogP contribution in [0.5, 0.6) is 0 Å². The van der Waals surface area contributed by atoms with Crippen LogP contribution in [-0.4, -0.2) is 45.1 Å². The zero-order valence-corrected chi connectivity index (χ0v) is 14.1. The Balaban J connectivity index is 1.55. The number of hydrogen-bond acceptors (Lipinski definition) is 2. The third-order valence-corrected chi connectivity index (χ3v) is 5.27. The van der Waals surface area contributed by atoms with Crippen LogP contribution in [0.3, 0.4) is 0 Å². The van der Waals surface area contributed by atoms with Crippen molar-refractivity contribution >= 4 is 11.6 Å². The van der Waals surface area contributed by atoms with Crippen molar-refractivity contribution in [2.75, 3.05) is 39.1 Å². The molecule has 2 fully saturated rings. The molecule has 1 saturated carbocycles. The van der Waals surface area contributed by atoms with Gasteiger partial charge >= 0.3 is 0 Å². The van der Waals surface area contributed by atoms with Crippen molar-refractivity contribution in [3.05, 3.63) is 29.8 Å². The number of benzene rings is 1. The molecule has 4 nitrogen and oxygen atoms in total. The lowest BCUT2D eigenvalue weighted by atomic mass is 9.68. The molecule has 1 aromatic rings. The van der Waals surface area contributed by atoms with Crippen LogP contribution in [-0.2, 0) is 6.54 Å². The molecule has 1 aliphatic carbocycles. The molecule has 0 bridgehead atoms. The number of nitrogens with zero attached hydrogens (tertiary/aromatic N) is 3. The van der Waals surface area contributed by atoms with Crippen molar-refractivity contribution in [1.29, 1.82) is 0 Å². The Morgan fingerprint density at radius 3 is 2.45 bits per heavy atom. The lowest BCUT2D eigenvalue weighted by Gasteiger charge is -2.38. The number of nitrogens with one attached hydrogen (secondary N) is 1. The predicted octanol–water partition coefficient (Wildman–Crippen LogP) is 2.70. The van der Waals surface area contributed by atoms with Crippen LogP contribution in [0.4, 0.5) is 5.69 Å². The van der Waals surface area contributed by atoms with Crippen molar-refractivity contribution in [1.82, 2.24) is 10.2 Å². The van der Waals surface area contributed by atoms with E-state index < -0.39 is 0 Å². The predicted molar refractivity (Wildman–Crippen MR) is 93.4 cm³/mol. The minimum atomic E-state index is 0.616. The van der Waals surface area contributed by atoms with Gasteiger partial charge in [0.05, 0.1) is 0 Å². The topological polar surface area (TPSA) is 30.9 Å². The maximum atomic E-state index is 4.48. The third kappa shape index (κ3) is 3.06. The molecule has 22 heavy (non-hydrogen) atoms. The highest BCUT2D eigenvalue weighted by Crippen LogP contribution is 2.47. The number of anilines is 1. The molecule has 4 heteroatoms. The molecule has 1 spiro atoms. The van der Waals surface area contributed by atoms with E-state index in [0.29, 0.717) is 5.41 Å². The molecule has 1 aromatic carbocycles. The fraction of sp³-hybridized carbons (Fsp3) is 0.611. The van der Waals surface area contributed by atoms with Gasteiger partial charge in [-0.1, -0.05) is 18.6 Å². The average Bonchev–Trinajstić information content (AvgIpc) is 2.94. The fourth-order valence-corrected chi connectivity index (χ4v) is 3.63. The van der Waals surface area contributed by atoms with Gasteiger partial charge in [-0.05, 0) is 42.4 Å². The van der Waals surface area contributed by atoms with Gasteiger partial charge in [-0.15, -0.1) is 0 Å². The van der Waals surface area contributed by atoms with Crippen LogP contribution in [0.1, 0.15) is 31.2 Å².